The van der Waals surface area contributed by atoms with Crippen molar-refractivity contribution < 1.29 is 9.47 Å². The van der Waals surface area contributed by atoms with Gasteiger partial charge in [0.05, 0.1) is 24.4 Å². The second-order valence-electron chi connectivity index (χ2n) is 3.23. The monoisotopic (exact) mass is 304 g/mol. The molecule has 0 atom stereocenters. The molecule has 3 N–H and O–H groups in total. The van der Waals surface area contributed by atoms with Crippen molar-refractivity contribution >= 4 is 21.9 Å². The van der Waals surface area contributed by atoms with Gasteiger partial charge in [-0.3, -0.25) is 0 Å². The number of nitrogens with two attached hydrogens (primary N) is 1. The van der Waals surface area contributed by atoms with Crippen LogP contribution in [0.5, 0.6) is 5.88 Å². The molecule has 0 aliphatic rings. The highest BCUT2D eigenvalue weighted by Gasteiger charge is 2.03. The van der Waals surface area contributed by atoms with Gasteiger partial charge in [-0.1, -0.05) is 0 Å². The van der Waals surface area contributed by atoms with E-state index in [1.807, 2.05) is 0 Å². The van der Waals surface area contributed by atoms with Gasteiger partial charge in [-0.15, -0.1) is 0 Å². The Morgan fingerprint density at radius 1 is 1.47 bits per heavy atom. The van der Waals surface area contributed by atoms with E-state index >= 15 is 0 Å². The zero-order valence-corrected chi connectivity index (χ0v) is 11.4. The first-order chi connectivity index (χ1) is 8.27. The van der Waals surface area contributed by atoms with Crippen LogP contribution in [0.3, 0.4) is 0 Å². The number of anilines is 1. The molecule has 7 heteroatoms. The van der Waals surface area contributed by atoms with E-state index < -0.39 is 0 Å². The average Bonchev–Trinajstić information content (AvgIpc) is 2.35. The van der Waals surface area contributed by atoms with Crippen LogP contribution < -0.4 is 15.8 Å². The molecule has 0 radical (unpaired) electrons. The van der Waals surface area contributed by atoms with Crippen molar-refractivity contribution in [2.24, 2.45) is 5.73 Å². The standard InChI is InChI=1S/C10H17BrN4O2/c1-16-9-8(11)7-14-10(15-9)13-4-2-5-17-6-3-12/h7H,2-6,12H2,1H3,(H,13,14,15). The maximum absolute atomic E-state index is 5.30. The molecule has 0 saturated heterocycles. The summed E-state index contributed by atoms with van der Waals surface area (Å²) in [6.07, 6.45) is 2.53. The van der Waals surface area contributed by atoms with Gasteiger partial charge >= 0.3 is 0 Å². The molecule has 96 valence electrons. The minimum atomic E-state index is 0.516. The fraction of sp³-hybridized carbons (Fsp3) is 0.600. The fourth-order valence-electron chi connectivity index (χ4n) is 1.14. The summed E-state index contributed by atoms with van der Waals surface area (Å²) >= 11 is 3.29. The Morgan fingerprint density at radius 3 is 3.00 bits per heavy atom. The highest BCUT2D eigenvalue weighted by atomic mass is 79.9. The third-order valence-corrected chi connectivity index (χ3v) is 2.46. The summed E-state index contributed by atoms with van der Waals surface area (Å²) < 4.78 is 11.0. The summed E-state index contributed by atoms with van der Waals surface area (Å²) in [5.74, 6) is 1.06. The normalized spacial score (nSPS) is 10.3. The van der Waals surface area contributed by atoms with Crippen LogP contribution in [-0.4, -0.2) is 43.4 Å². The van der Waals surface area contributed by atoms with E-state index in [9.17, 15) is 0 Å². The molecule has 0 aliphatic carbocycles. The fourth-order valence-corrected chi connectivity index (χ4v) is 1.49. The third kappa shape index (κ3) is 5.29. The Kier molecular flexibility index (Phi) is 6.83. The van der Waals surface area contributed by atoms with Gasteiger partial charge in [0.25, 0.3) is 0 Å². The Bertz CT molecular complexity index is 338. The molecular formula is C10H17BrN4O2. The van der Waals surface area contributed by atoms with E-state index in [2.05, 4.69) is 31.2 Å². The first kappa shape index (κ1) is 14.1. The molecular weight excluding hydrogens is 288 g/mol. The molecule has 0 bridgehead atoms. The lowest BCUT2D eigenvalue weighted by Crippen LogP contribution is -2.12. The van der Waals surface area contributed by atoms with E-state index in [1.54, 1.807) is 13.3 Å². The molecule has 0 saturated carbocycles. The summed E-state index contributed by atoms with van der Waals surface area (Å²) in [5.41, 5.74) is 5.30. The van der Waals surface area contributed by atoms with Crippen molar-refractivity contribution in [3.05, 3.63) is 10.7 Å². The van der Waals surface area contributed by atoms with Crippen LogP contribution in [0, 0.1) is 0 Å². The number of nitrogens with one attached hydrogen (secondary N) is 1. The van der Waals surface area contributed by atoms with Gasteiger partial charge in [-0.25, -0.2) is 4.98 Å². The first-order valence-corrected chi connectivity index (χ1v) is 6.15. The van der Waals surface area contributed by atoms with E-state index in [1.165, 1.54) is 0 Å². The van der Waals surface area contributed by atoms with Gasteiger partial charge in [0.1, 0.15) is 0 Å². The van der Waals surface area contributed by atoms with Gasteiger partial charge in [0.2, 0.25) is 11.8 Å². The maximum Gasteiger partial charge on any atom is 0.232 e. The molecule has 6 nitrogen and oxygen atoms in total. The topological polar surface area (TPSA) is 82.3 Å². The van der Waals surface area contributed by atoms with E-state index in [0.717, 1.165) is 17.4 Å². The first-order valence-electron chi connectivity index (χ1n) is 5.36. The number of hydrogen-bond acceptors (Lipinski definition) is 6. The molecule has 0 aliphatic heterocycles. The van der Waals surface area contributed by atoms with Gasteiger partial charge in [0.15, 0.2) is 0 Å². The van der Waals surface area contributed by atoms with Crippen molar-refractivity contribution in [3.63, 3.8) is 0 Å². The van der Waals surface area contributed by atoms with Crippen LogP contribution in [0.4, 0.5) is 5.95 Å². The number of ether oxygens (including phenoxy) is 2. The Morgan fingerprint density at radius 2 is 2.29 bits per heavy atom. The van der Waals surface area contributed by atoms with Crippen LogP contribution >= 0.6 is 15.9 Å². The Hall–Kier alpha value is -0.920. The summed E-state index contributed by atoms with van der Waals surface area (Å²) in [5, 5.41) is 3.09. The summed E-state index contributed by atoms with van der Waals surface area (Å²) in [6, 6.07) is 0. The SMILES string of the molecule is COc1nc(NCCCOCCN)ncc1Br. The molecule has 1 rings (SSSR count). The van der Waals surface area contributed by atoms with Gasteiger partial charge in [0, 0.05) is 19.7 Å². The molecule has 0 fully saturated rings. The lowest BCUT2D eigenvalue weighted by molar-refractivity contribution is 0.141. The molecule has 1 aromatic rings. The number of nitrogens with zero attached hydrogens (tertiary/aromatic N) is 2. The zero-order chi connectivity index (χ0) is 12.5. The van der Waals surface area contributed by atoms with E-state index in [4.69, 9.17) is 15.2 Å². The van der Waals surface area contributed by atoms with Crippen molar-refractivity contribution in [2.75, 3.05) is 38.7 Å². The number of methoxy groups -OCH3 is 1. The number of aromatic nitrogens is 2. The number of rotatable bonds is 8. The average molecular weight is 305 g/mol. The van der Waals surface area contributed by atoms with Crippen LogP contribution in [0.25, 0.3) is 0 Å². The van der Waals surface area contributed by atoms with Crippen LogP contribution in [-0.2, 0) is 4.74 Å². The van der Waals surface area contributed by atoms with E-state index in [-0.39, 0.29) is 0 Å². The van der Waals surface area contributed by atoms with Crippen LogP contribution in [0.15, 0.2) is 10.7 Å². The van der Waals surface area contributed by atoms with Crippen molar-refractivity contribution in [1.82, 2.24) is 9.97 Å². The van der Waals surface area contributed by atoms with Crippen molar-refractivity contribution in [2.45, 2.75) is 6.42 Å². The number of halogens is 1. The predicted octanol–water partition coefficient (Wildman–Crippen LogP) is 1.02. The highest BCUT2D eigenvalue weighted by molar-refractivity contribution is 9.10. The molecule has 0 spiro atoms. The predicted molar refractivity (Wildman–Crippen MR) is 69.3 cm³/mol. The highest BCUT2D eigenvalue weighted by Crippen LogP contribution is 2.21. The van der Waals surface area contributed by atoms with E-state index in [0.29, 0.717) is 31.6 Å². The number of hydrogen-bond donors (Lipinski definition) is 2. The lowest BCUT2D eigenvalue weighted by Gasteiger charge is -2.07. The van der Waals surface area contributed by atoms with Gasteiger partial charge < -0.3 is 20.5 Å². The second kappa shape index (κ2) is 8.21. The third-order valence-electron chi connectivity index (χ3n) is 1.92. The second-order valence-corrected chi connectivity index (χ2v) is 4.09. The Balaban J connectivity index is 2.27. The summed E-state index contributed by atoms with van der Waals surface area (Å²) in [6.45, 7) is 2.58. The van der Waals surface area contributed by atoms with Crippen molar-refractivity contribution in [3.8, 4) is 5.88 Å². The van der Waals surface area contributed by atoms with Gasteiger partial charge in [-0.05, 0) is 22.4 Å². The quantitative estimate of drug-likeness (QED) is 0.698. The minimum absolute atomic E-state index is 0.516. The van der Waals surface area contributed by atoms with Crippen LogP contribution in [0.1, 0.15) is 6.42 Å². The smallest absolute Gasteiger partial charge is 0.232 e. The summed E-state index contributed by atoms with van der Waals surface area (Å²) in [7, 11) is 1.57. The zero-order valence-electron chi connectivity index (χ0n) is 9.78. The van der Waals surface area contributed by atoms with Crippen LogP contribution in [0.2, 0.25) is 0 Å². The molecule has 17 heavy (non-hydrogen) atoms. The molecule has 0 unspecified atom stereocenters. The lowest BCUT2D eigenvalue weighted by atomic mass is 10.4. The van der Waals surface area contributed by atoms with Crippen molar-refractivity contribution in [1.29, 1.82) is 0 Å². The molecule has 1 aromatic heterocycles. The molecule has 0 aromatic carbocycles. The Labute approximate surface area is 109 Å². The van der Waals surface area contributed by atoms with Gasteiger partial charge in [-0.2, -0.15) is 4.98 Å². The minimum Gasteiger partial charge on any atom is -0.480 e. The largest absolute Gasteiger partial charge is 0.480 e. The summed E-state index contributed by atoms with van der Waals surface area (Å²) in [4.78, 5) is 8.28. The maximum atomic E-state index is 5.30. The molecule has 0 amide bonds. The molecule has 1 heterocycles.